The molecule has 0 aliphatic heterocycles. The molecule has 2 nitrogen and oxygen atoms in total. The van der Waals surface area contributed by atoms with Crippen LogP contribution >= 0.6 is 0 Å². The van der Waals surface area contributed by atoms with Gasteiger partial charge in [-0.2, -0.15) is 0 Å². The van der Waals surface area contributed by atoms with Crippen LogP contribution in [0, 0.1) is 17.5 Å². The summed E-state index contributed by atoms with van der Waals surface area (Å²) in [7, 11) is 1.56. The van der Waals surface area contributed by atoms with Gasteiger partial charge in [-0.3, -0.25) is 0 Å². The average molecular weight is 281 g/mol. The summed E-state index contributed by atoms with van der Waals surface area (Å²) in [6, 6.07) is 8.40. The van der Waals surface area contributed by atoms with Crippen molar-refractivity contribution in [2.45, 2.75) is 12.5 Å². The topological polar surface area (TPSA) is 35.2 Å². The lowest BCUT2D eigenvalue weighted by Gasteiger charge is -2.13. The molecule has 0 radical (unpaired) electrons. The Morgan fingerprint density at radius 2 is 1.60 bits per heavy atom. The lowest BCUT2D eigenvalue weighted by atomic mass is 9.99. The first-order valence-corrected chi connectivity index (χ1v) is 6.04. The van der Waals surface area contributed by atoms with Gasteiger partial charge in [-0.1, -0.05) is 12.1 Å². The van der Waals surface area contributed by atoms with Gasteiger partial charge in [-0.15, -0.1) is 0 Å². The minimum absolute atomic E-state index is 0.220. The third-order valence-electron chi connectivity index (χ3n) is 3.05. The minimum atomic E-state index is -1.48. The van der Waals surface area contributed by atoms with E-state index in [1.165, 1.54) is 0 Å². The molecule has 0 aliphatic rings. The van der Waals surface area contributed by atoms with Crippen molar-refractivity contribution in [1.29, 1.82) is 0 Å². The van der Waals surface area contributed by atoms with Gasteiger partial charge in [0.05, 0.1) is 7.11 Å². The highest BCUT2D eigenvalue weighted by Gasteiger charge is 2.15. The van der Waals surface area contributed by atoms with E-state index < -0.39 is 23.5 Å². The van der Waals surface area contributed by atoms with Gasteiger partial charge in [0.1, 0.15) is 5.75 Å². The van der Waals surface area contributed by atoms with Crippen LogP contribution in [0.3, 0.4) is 0 Å². The van der Waals surface area contributed by atoms with E-state index in [9.17, 15) is 13.2 Å². The molecule has 2 aromatic rings. The molecule has 1 unspecified atom stereocenters. The highest BCUT2D eigenvalue weighted by molar-refractivity contribution is 5.30. The number of ether oxygens (including phenoxy) is 1. The van der Waals surface area contributed by atoms with Crippen molar-refractivity contribution >= 4 is 0 Å². The smallest absolute Gasteiger partial charge is 0.194 e. The Kier molecular flexibility index (Phi) is 4.29. The fraction of sp³-hybridized carbons (Fsp3) is 0.200. The number of methoxy groups -OCH3 is 1. The number of benzene rings is 2. The van der Waals surface area contributed by atoms with Crippen molar-refractivity contribution < 1.29 is 17.9 Å². The molecular weight excluding hydrogens is 267 g/mol. The largest absolute Gasteiger partial charge is 0.497 e. The van der Waals surface area contributed by atoms with Gasteiger partial charge in [0.2, 0.25) is 0 Å². The van der Waals surface area contributed by atoms with Crippen molar-refractivity contribution in [3.63, 3.8) is 0 Å². The Balaban J connectivity index is 2.16. The first-order chi connectivity index (χ1) is 9.51. The number of hydrogen-bond donors (Lipinski definition) is 1. The second-order valence-corrected chi connectivity index (χ2v) is 4.46. The normalized spacial score (nSPS) is 12.2. The average Bonchev–Trinajstić information content (AvgIpc) is 2.45. The molecule has 2 N–H and O–H groups in total. The predicted octanol–water partition coefficient (Wildman–Crippen LogP) is 3.36. The zero-order valence-electron chi connectivity index (χ0n) is 10.9. The van der Waals surface area contributed by atoms with Crippen LogP contribution in [-0.2, 0) is 6.42 Å². The van der Waals surface area contributed by atoms with E-state index in [2.05, 4.69) is 0 Å². The molecule has 2 rings (SSSR count). The molecule has 0 saturated heterocycles. The summed E-state index contributed by atoms with van der Waals surface area (Å²) in [4.78, 5) is 0. The Bertz CT molecular complexity index is 576. The molecule has 0 spiro atoms. The van der Waals surface area contributed by atoms with Gasteiger partial charge >= 0.3 is 0 Å². The quantitative estimate of drug-likeness (QED) is 0.872. The summed E-state index contributed by atoms with van der Waals surface area (Å²) in [5.41, 5.74) is 7.01. The van der Waals surface area contributed by atoms with Crippen molar-refractivity contribution in [1.82, 2.24) is 0 Å². The van der Waals surface area contributed by atoms with E-state index in [1.807, 2.05) is 12.1 Å². The Morgan fingerprint density at radius 3 is 2.10 bits per heavy atom. The maximum Gasteiger partial charge on any atom is 0.194 e. The molecule has 0 aromatic heterocycles. The van der Waals surface area contributed by atoms with Crippen molar-refractivity contribution in [3.8, 4) is 5.75 Å². The molecule has 20 heavy (non-hydrogen) atoms. The Morgan fingerprint density at radius 1 is 1.05 bits per heavy atom. The number of nitrogens with two attached hydrogens (primary N) is 1. The van der Waals surface area contributed by atoms with E-state index in [1.54, 1.807) is 19.2 Å². The van der Waals surface area contributed by atoms with Gasteiger partial charge in [0.25, 0.3) is 0 Å². The van der Waals surface area contributed by atoms with Gasteiger partial charge in [-0.25, -0.2) is 13.2 Å². The molecule has 0 amide bonds. The van der Waals surface area contributed by atoms with Crippen LogP contribution in [0.1, 0.15) is 17.2 Å². The SMILES string of the molecule is COc1ccc(CC(N)c2cc(F)c(F)c(F)c2)cc1. The van der Waals surface area contributed by atoms with E-state index >= 15 is 0 Å². The van der Waals surface area contributed by atoms with Gasteiger partial charge in [0, 0.05) is 6.04 Å². The highest BCUT2D eigenvalue weighted by atomic mass is 19.2. The summed E-state index contributed by atoms with van der Waals surface area (Å²) in [6.45, 7) is 0. The lowest BCUT2D eigenvalue weighted by Crippen LogP contribution is -2.14. The van der Waals surface area contributed by atoms with E-state index in [0.717, 1.165) is 17.7 Å². The van der Waals surface area contributed by atoms with Crippen LogP contribution in [0.2, 0.25) is 0 Å². The Labute approximate surface area is 115 Å². The molecule has 0 bridgehead atoms. The standard InChI is InChI=1S/C15H14F3NO/c1-20-11-4-2-9(3-5-11)6-14(19)10-7-12(16)15(18)13(17)8-10/h2-5,7-8,14H,6,19H2,1H3. The summed E-state index contributed by atoms with van der Waals surface area (Å²) in [5.74, 6) is -3.23. The first-order valence-electron chi connectivity index (χ1n) is 6.04. The van der Waals surface area contributed by atoms with Gasteiger partial charge in [-0.05, 0) is 41.8 Å². The summed E-state index contributed by atoms with van der Waals surface area (Å²) < 4.78 is 44.2. The minimum Gasteiger partial charge on any atom is -0.497 e. The second-order valence-electron chi connectivity index (χ2n) is 4.46. The molecule has 0 fully saturated rings. The summed E-state index contributed by atoms with van der Waals surface area (Å²) in [6.07, 6.45) is 0.383. The van der Waals surface area contributed by atoms with Gasteiger partial charge < -0.3 is 10.5 Å². The van der Waals surface area contributed by atoms with Crippen molar-refractivity contribution in [2.24, 2.45) is 5.73 Å². The molecule has 106 valence electrons. The number of hydrogen-bond acceptors (Lipinski definition) is 2. The fourth-order valence-electron chi connectivity index (χ4n) is 1.92. The molecule has 2 aromatic carbocycles. The zero-order chi connectivity index (χ0) is 14.7. The maximum absolute atomic E-state index is 13.2. The molecule has 0 heterocycles. The summed E-state index contributed by atoms with van der Waals surface area (Å²) in [5, 5.41) is 0. The first kappa shape index (κ1) is 14.4. The third-order valence-corrected chi connectivity index (χ3v) is 3.05. The van der Waals surface area contributed by atoms with Crippen LogP contribution < -0.4 is 10.5 Å². The molecule has 1 atom stereocenters. The summed E-state index contributed by atoms with van der Waals surface area (Å²) >= 11 is 0. The molecule has 5 heteroatoms. The van der Waals surface area contributed by atoms with Crippen LogP contribution in [0.15, 0.2) is 36.4 Å². The third kappa shape index (κ3) is 3.11. The molecular formula is C15H14F3NO. The van der Waals surface area contributed by atoms with Crippen LogP contribution in [0.25, 0.3) is 0 Å². The van der Waals surface area contributed by atoms with Crippen LogP contribution in [0.5, 0.6) is 5.75 Å². The second kappa shape index (κ2) is 5.96. The predicted molar refractivity (Wildman–Crippen MR) is 69.9 cm³/mol. The van der Waals surface area contributed by atoms with Crippen molar-refractivity contribution in [3.05, 3.63) is 65.0 Å². The lowest BCUT2D eigenvalue weighted by molar-refractivity contribution is 0.414. The molecule has 0 aliphatic carbocycles. The van der Waals surface area contributed by atoms with Crippen LogP contribution in [-0.4, -0.2) is 7.11 Å². The zero-order valence-corrected chi connectivity index (χ0v) is 10.9. The van der Waals surface area contributed by atoms with E-state index in [-0.39, 0.29) is 5.56 Å². The highest BCUT2D eigenvalue weighted by Crippen LogP contribution is 2.22. The number of rotatable bonds is 4. The maximum atomic E-state index is 13.2. The fourth-order valence-corrected chi connectivity index (χ4v) is 1.92. The van der Waals surface area contributed by atoms with Crippen LogP contribution in [0.4, 0.5) is 13.2 Å². The molecule has 0 saturated carbocycles. The Hall–Kier alpha value is -2.01. The number of halogens is 3. The van der Waals surface area contributed by atoms with E-state index in [0.29, 0.717) is 12.2 Å². The van der Waals surface area contributed by atoms with Gasteiger partial charge in [0.15, 0.2) is 17.5 Å². The van der Waals surface area contributed by atoms with E-state index in [4.69, 9.17) is 10.5 Å². The van der Waals surface area contributed by atoms with Crippen molar-refractivity contribution in [2.75, 3.05) is 7.11 Å². The monoisotopic (exact) mass is 281 g/mol.